The van der Waals surface area contributed by atoms with Crippen LogP contribution in [0.15, 0.2) is 71.3 Å². The average molecular weight is 334 g/mol. The molecule has 0 unspecified atom stereocenters. The Morgan fingerprint density at radius 2 is 0.885 bits per heavy atom. The maximum atomic E-state index is 13.2. The summed E-state index contributed by atoms with van der Waals surface area (Å²) in [6.45, 7) is 7.89. The second-order valence-electron chi connectivity index (χ2n) is 6.49. The predicted molar refractivity (Wildman–Crippen MR) is 112 cm³/mol. The monoisotopic (exact) mass is 334 g/mol. The van der Waals surface area contributed by atoms with E-state index in [1.54, 1.807) is 12.2 Å². The van der Waals surface area contributed by atoms with Gasteiger partial charge in [0, 0.05) is 32.3 Å². The minimum Gasteiger partial charge on any atom is -0.289 e. The summed E-state index contributed by atoms with van der Waals surface area (Å²) in [5, 5.41) is 5.90. The molecule has 5 aromatic carbocycles. The topological polar surface area (TPSA) is 34.1 Å². The fourth-order valence-electron chi connectivity index (χ4n) is 4.30. The van der Waals surface area contributed by atoms with Crippen molar-refractivity contribution < 1.29 is 0 Å². The molecule has 0 radical (unpaired) electrons. The molecule has 5 aromatic rings. The standard InChI is InChI=1S/C24H14O2/c1-3-13-19-15-9-5-7-11-17(15)24(26)22(19)14(4-2)20-16-10-6-8-12-18(16)23(25)21(13)20/h3-12H,1-2H2. The normalized spacial score (nSPS) is 11.7. The molecule has 122 valence electrons. The van der Waals surface area contributed by atoms with Crippen LogP contribution in [0.2, 0.25) is 0 Å². The van der Waals surface area contributed by atoms with E-state index in [9.17, 15) is 9.59 Å². The van der Waals surface area contributed by atoms with E-state index in [4.69, 9.17) is 0 Å². The van der Waals surface area contributed by atoms with Gasteiger partial charge in [-0.25, -0.2) is 0 Å². The maximum absolute atomic E-state index is 13.2. The van der Waals surface area contributed by atoms with E-state index in [-0.39, 0.29) is 10.9 Å². The predicted octanol–water partition coefficient (Wildman–Crippen LogP) is 5.18. The fraction of sp³-hybridized carbons (Fsp3) is 0. The molecular weight excluding hydrogens is 320 g/mol. The van der Waals surface area contributed by atoms with Gasteiger partial charge in [-0.3, -0.25) is 9.59 Å². The van der Waals surface area contributed by atoms with Crippen molar-refractivity contribution in [3.05, 3.63) is 93.3 Å². The Balaban J connectivity index is 2.31. The lowest BCUT2D eigenvalue weighted by Crippen LogP contribution is -2.00. The second kappa shape index (κ2) is 4.99. The highest BCUT2D eigenvalue weighted by atomic mass is 16.1. The molecule has 0 amide bonds. The van der Waals surface area contributed by atoms with E-state index in [0.717, 1.165) is 32.7 Å². The Hall–Kier alpha value is -3.52. The molecule has 2 heteroatoms. The molecule has 0 aliphatic carbocycles. The molecule has 0 heterocycles. The van der Waals surface area contributed by atoms with Gasteiger partial charge in [-0.2, -0.15) is 0 Å². The van der Waals surface area contributed by atoms with Gasteiger partial charge in [0.05, 0.1) is 0 Å². The highest BCUT2D eigenvalue weighted by Crippen LogP contribution is 2.39. The van der Waals surface area contributed by atoms with Gasteiger partial charge in [0.15, 0.2) is 10.9 Å². The van der Waals surface area contributed by atoms with Crippen LogP contribution in [0, 0.1) is 0 Å². The van der Waals surface area contributed by atoms with Crippen LogP contribution in [0.4, 0.5) is 0 Å². The summed E-state index contributed by atoms with van der Waals surface area (Å²) in [5.74, 6) is 0. The van der Waals surface area contributed by atoms with Crippen LogP contribution in [0.25, 0.3) is 55.2 Å². The highest BCUT2D eigenvalue weighted by molar-refractivity contribution is 6.29. The van der Waals surface area contributed by atoms with E-state index in [2.05, 4.69) is 13.2 Å². The molecule has 0 fully saturated rings. The lowest BCUT2D eigenvalue weighted by Gasteiger charge is -2.07. The lowest BCUT2D eigenvalue weighted by molar-refractivity contribution is 1.79. The van der Waals surface area contributed by atoms with Crippen molar-refractivity contribution in [3.8, 4) is 0 Å². The van der Waals surface area contributed by atoms with Crippen molar-refractivity contribution >= 4 is 55.2 Å². The average Bonchev–Trinajstić information content (AvgIpc) is 3.14. The third kappa shape index (κ3) is 1.56. The fourth-order valence-corrected chi connectivity index (χ4v) is 4.30. The number of hydrogen-bond donors (Lipinski definition) is 0. The van der Waals surface area contributed by atoms with Gasteiger partial charge >= 0.3 is 0 Å². The van der Waals surface area contributed by atoms with Crippen LogP contribution in [-0.4, -0.2) is 0 Å². The lowest BCUT2D eigenvalue weighted by atomic mass is 9.95. The van der Waals surface area contributed by atoms with Gasteiger partial charge < -0.3 is 0 Å². The summed E-state index contributed by atoms with van der Waals surface area (Å²) in [5.41, 5.74) is 1.43. The van der Waals surface area contributed by atoms with Gasteiger partial charge in [0.25, 0.3) is 0 Å². The number of hydrogen-bond acceptors (Lipinski definition) is 2. The molecule has 5 rings (SSSR count). The zero-order valence-corrected chi connectivity index (χ0v) is 14.0. The summed E-state index contributed by atoms with van der Waals surface area (Å²) in [4.78, 5) is 26.3. The van der Waals surface area contributed by atoms with Crippen molar-refractivity contribution in [2.45, 2.75) is 0 Å². The Morgan fingerprint density at radius 3 is 1.23 bits per heavy atom. The first kappa shape index (κ1) is 14.8. The zero-order valence-electron chi connectivity index (χ0n) is 14.0. The summed E-state index contributed by atoms with van der Waals surface area (Å²) < 4.78 is 0. The molecule has 2 nitrogen and oxygen atoms in total. The van der Waals surface area contributed by atoms with Gasteiger partial charge in [-0.15, -0.1) is 0 Å². The molecule has 0 spiro atoms. The third-order valence-corrected chi connectivity index (χ3v) is 5.32. The molecule has 0 saturated carbocycles. The molecule has 0 aliphatic heterocycles. The molecule has 0 aromatic heterocycles. The Bertz CT molecular complexity index is 1380. The molecule has 0 aliphatic rings. The molecule has 26 heavy (non-hydrogen) atoms. The summed E-state index contributed by atoms with van der Waals surface area (Å²) in [6.07, 6.45) is 3.40. The first-order valence-electron chi connectivity index (χ1n) is 8.46. The van der Waals surface area contributed by atoms with E-state index < -0.39 is 0 Å². The first-order chi connectivity index (χ1) is 12.7. The summed E-state index contributed by atoms with van der Waals surface area (Å²) >= 11 is 0. The largest absolute Gasteiger partial charge is 0.289 e. The molecule has 0 N–H and O–H groups in total. The minimum absolute atomic E-state index is 0.0202. The van der Waals surface area contributed by atoms with Crippen LogP contribution in [-0.2, 0) is 0 Å². The minimum atomic E-state index is -0.0202. The maximum Gasteiger partial charge on any atom is 0.194 e. The van der Waals surface area contributed by atoms with Crippen LogP contribution >= 0.6 is 0 Å². The van der Waals surface area contributed by atoms with Gasteiger partial charge in [-0.05, 0) is 21.9 Å². The van der Waals surface area contributed by atoms with Crippen molar-refractivity contribution in [1.29, 1.82) is 0 Å². The second-order valence-corrected chi connectivity index (χ2v) is 6.49. The highest BCUT2D eigenvalue weighted by Gasteiger charge is 2.23. The molecule has 0 bridgehead atoms. The van der Waals surface area contributed by atoms with Crippen molar-refractivity contribution in [1.82, 2.24) is 0 Å². The Kier molecular flexibility index (Phi) is 2.84. The van der Waals surface area contributed by atoms with E-state index in [1.807, 2.05) is 48.5 Å². The van der Waals surface area contributed by atoms with Crippen molar-refractivity contribution in [2.75, 3.05) is 0 Å². The molecule has 0 saturated heterocycles. The van der Waals surface area contributed by atoms with Crippen LogP contribution in [0.3, 0.4) is 0 Å². The van der Waals surface area contributed by atoms with Crippen LogP contribution < -0.4 is 10.9 Å². The quantitative estimate of drug-likeness (QED) is 0.446. The van der Waals surface area contributed by atoms with E-state index in [1.165, 1.54) is 0 Å². The first-order valence-corrected chi connectivity index (χ1v) is 8.46. The van der Waals surface area contributed by atoms with Crippen molar-refractivity contribution in [3.63, 3.8) is 0 Å². The summed E-state index contributed by atoms with van der Waals surface area (Å²) in [7, 11) is 0. The molecular formula is C24H14O2. The number of fused-ring (bicyclic) bond motifs is 6. The van der Waals surface area contributed by atoms with Crippen molar-refractivity contribution in [2.24, 2.45) is 0 Å². The number of benzene rings is 3. The van der Waals surface area contributed by atoms with Gasteiger partial charge in [-0.1, -0.05) is 73.8 Å². The number of rotatable bonds is 2. The van der Waals surface area contributed by atoms with Crippen LogP contribution in [0.1, 0.15) is 11.1 Å². The van der Waals surface area contributed by atoms with Gasteiger partial charge in [0.1, 0.15) is 0 Å². The van der Waals surface area contributed by atoms with E-state index >= 15 is 0 Å². The Morgan fingerprint density at radius 1 is 0.538 bits per heavy atom. The van der Waals surface area contributed by atoms with E-state index in [0.29, 0.717) is 21.5 Å². The molecule has 0 atom stereocenters. The third-order valence-electron chi connectivity index (χ3n) is 5.32. The Labute approximate surface area is 149 Å². The summed E-state index contributed by atoms with van der Waals surface area (Å²) in [6, 6.07) is 15.1. The zero-order chi connectivity index (χ0) is 18.0. The SMILES string of the molecule is C=Cc1c2c(=O)c3ccccc3c2c(C=C)c2c(=O)c3ccccc3c12. The van der Waals surface area contributed by atoms with Crippen LogP contribution in [0.5, 0.6) is 0 Å². The van der Waals surface area contributed by atoms with Gasteiger partial charge in [0.2, 0.25) is 0 Å². The smallest absolute Gasteiger partial charge is 0.194 e.